The number of morpholine rings is 1. The van der Waals surface area contributed by atoms with Gasteiger partial charge in [-0.3, -0.25) is 0 Å². The Morgan fingerprint density at radius 2 is 2.24 bits per heavy atom. The molecule has 0 bridgehead atoms. The third-order valence-electron chi connectivity index (χ3n) is 3.35. The number of hydrogen-bond donors (Lipinski definition) is 2. The van der Waals surface area contributed by atoms with Crippen LogP contribution in [0.3, 0.4) is 0 Å². The van der Waals surface area contributed by atoms with Crippen molar-refractivity contribution in [2.24, 2.45) is 0 Å². The number of ether oxygens (including phenoxy) is 2. The molecule has 0 spiro atoms. The molecular weight excluding hydrogens is 275 g/mol. The first-order chi connectivity index (χ1) is 10.1. The van der Waals surface area contributed by atoms with Crippen molar-refractivity contribution in [1.82, 2.24) is 10.2 Å². The summed E-state index contributed by atoms with van der Waals surface area (Å²) in [4.78, 5) is 2.23. The summed E-state index contributed by atoms with van der Waals surface area (Å²) in [7, 11) is 2.07. The fourth-order valence-corrected chi connectivity index (χ4v) is 2.18. The van der Waals surface area contributed by atoms with Gasteiger partial charge in [-0.1, -0.05) is 0 Å². The van der Waals surface area contributed by atoms with Gasteiger partial charge in [-0.2, -0.15) is 0 Å². The van der Waals surface area contributed by atoms with E-state index < -0.39 is 6.10 Å². The van der Waals surface area contributed by atoms with Gasteiger partial charge in [0, 0.05) is 26.2 Å². The van der Waals surface area contributed by atoms with E-state index in [4.69, 9.17) is 9.47 Å². The molecule has 0 aromatic heterocycles. The smallest absolute Gasteiger partial charge is 0.123 e. The molecule has 2 unspecified atom stereocenters. The Bertz CT molecular complexity index is 416. The Hall–Kier alpha value is -1.21. The van der Waals surface area contributed by atoms with E-state index in [9.17, 15) is 9.50 Å². The van der Waals surface area contributed by atoms with Crippen LogP contribution in [0, 0.1) is 5.82 Å². The second-order valence-electron chi connectivity index (χ2n) is 5.33. The Morgan fingerprint density at radius 3 is 2.95 bits per heavy atom. The second kappa shape index (κ2) is 8.29. The first kappa shape index (κ1) is 16.2. The summed E-state index contributed by atoms with van der Waals surface area (Å²) in [5, 5.41) is 13.0. The quantitative estimate of drug-likeness (QED) is 0.767. The molecule has 5 nitrogen and oxygen atoms in total. The van der Waals surface area contributed by atoms with E-state index in [2.05, 4.69) is 17.3 Å². The van der Waals surface area contributed by atoms with Crippen LogP contribution in [0.5, 0.6) is 5.75 Å². The zero-order valence-electron chi connectivity index (χ0n) is 12.3. The van der Waals surface area contributed by atoms with Crippen LogP contribution in [0.25, 0.3) is 0 Å². The number of hydrogen-bond acceptors (Lipinski definition) is 5. The van der Waals surface area contributed by atoms with Gasteiger partial charge >= 0.3 is 0 Å². The molecule has 1 aliphatic rings. The van der Waals surface area contributed by atoms with Crippen LogP contribution in [0.1, 0.15) is 0 Å². The van der Waals surface area contributed by atoms with E-state index in [1.54, 1.807) is 12.1 Å². The molecule has 21 heavy (non-hydrogen) atoms. The highest BCUT2D eigenvalue weighted by atomic mass is 19.1. The van der Waals surface area contributed by atoms with Crippen molar-refractivity contribution in [3.63, 3.8) is 0 Å². The number of nitrogens with one attached hydrogen (secondary N) is 1. The minimum atomic E-state index is -0.614. The van der Waals surface area contributed by atoms with E-state index in [1.165, 1.54) is 12.1 Å². The average Bonchev–Trinajstić information content (AvgIpc) is 2.47. The molecule has 2 N–H and O–H groups in total. The topological polar surface area (TPSA) is 54.0 Å². The molecule has 0 amide bonds. The van der Waals surface area contributed by atoms with E-state index in [0.29, 0.717) is 18.8 Å². The first-order valence-electron chi connectivity index (χ1n) is 7.21. The monoisotopic (exact) mass is 298 g/mol. The first-order valence-corrected chi connectivity index (χ1v) is 7.21. The third-order valence-corrected chi connectivity index (χ3v) is 3.35. The molecule has 118 valence electrons. The average molecular weight is 298 g/mol. The Labute approximate surface area is 124 Å². The van der Waals surface area contributed by atoms with Crippen LogP contribution in [0.15, 0.2) is 24.3 Å². The number of nitrogens with zero attached hydrogens (tertiary/aromatic N) is 1. The molecule has 1 heterocycles. The van der Waals surface area contributed by atoms with Crippen molar-refractivity contribution in [1.29, 1.82) is 0 Å². The molecule has 1 saturated heterocycles. The maximum absolute atomic E-state index is 12.7. The molecule has 2 rings (SSSR count). The van der Waals surface area contributed by atoms with E-state index in [0.717, 1.165) is 19.7 Å². The molecule has 1 aromatic carbocycles. The number of rotatable bonds is 7. The lowest BCUT2D eigenvalue weighted by molar-refractivity contribution is -0.0196. The Morgan fingerprint density at radius 1 is 1.48 bits per heavy atom. The molecule has 6 heteroatoms. The highest BCUT2D eigenvalue weighted by molar-refractivity contribution is 5.22. The van der Waals surface area contributed by atoms with Crippen molar-refractivity contribution in [3.8, 4) is 5.75 Å². The van der Waals surface area contributed by atoms with Crippen LogP contribution in [-0.2, 0) is 4.74 Å². The largest absolute Gasteiger partial charge is 0.491 e. The summed E-state index contributed by atoms with van der Waals surface area (Å²) in [6.07, 6.45) is -0.453. The standard InChI is InChI=1S/C15H23FN2O3/c1-18-6-7-20-15(10-18)9-17-8-13(19)11-21-14-4-2-12(16)3-5-14/h2-5,13,15,17,19H,6-11H2,1H3. The van der Waals surface area contributed by atoms with Crippen molar-refractivity contribution in [2.45, 2.75) is 12.2 Å². The summed E-state index contributed by atoms with van der Waals surface area (Å²) < 4.78 is 23.7. The fraction of sp³-hybridized carbons (Fsp3) is 0.600. The van der Waals surface area contributed by atoms with Crippen LogP contribution in [0.4, 0.5) is 4.39 Å². The van der Waals surface area contributed by atoms with Gasteiger partial charge in [0.25, 0.3) is 0 Å². The number of halogens is 1. The lowest BCUT2D eigenvalue weighted by Gasteiger charge is -2.30. The van der Waals surface area contributed by atoms with Crippen molar-refractivity contribution >= 4 is 0 Å². The van der Waals surface area contributed by atoms with Gasteiger partial charge in [-0.05, 0) is 31.3 Å². The Balaban J connectivity index is 1.59. The normalized spacial score (nSPS) is 21.2. The van der Waals surface area contributed by atoms with Gasteiger partial charge in [-0.15, -0.1) is 0 Å². The summed E-state index contributed by atoms with van der Waals surface area (Å²) in [6.45, 7) is 3.92. The molecule has 0 radical (unpaired) electrons. The van der Waals surface area contributed by atoms with Gasteiger partial charge in [0.15, 0.2) is 0 Å². The number of likely N-dealkylation sites (N-methyl/N-ethyl adjacent to an activating group) is 1. The van der Waals surface area contributed by atoms with Crippen LogP contribution in [-0.4, -0.2) is 68.7 Å². The maximum Gasteiger partial charge on any atom is 0.123 e. The highest BCUT2D eigenvalue weighted by Gasteiger charge is 2.17. The Kier molecular flexibility index (Phi) is 6.38. The van der Waals surface area contributed by atoms with Gasteiger partial charge in [0.05, 0.1) is 12.7 Å². The predicted octanol–water partition coefficient (Wildman–Crippen LogP) is 0.486. The minimum Gasteiger partial charge on any atom is -0.491 e. The number of aliphatic hydroxyl groups excluding tert-OH is 1. The lowest BCUT2D eigenvalue weighted by Crippen LogP contribution is -2.46. The lowest BCUT2D eigenvalue weighted by atomic mass is 10.2. The second-order valence-corrected chi connectivity index (χ2v) is 5.33. The van der Waals surface area contributed by atoms with Gasteiger partial charge in [-0.25, -0.2) is 4.39 Å². The molecule has 1 fully saturated rings. The molecule has 1 aromatic rings. The molecule has 0 saturated carbocycles. The van der Waals surface area contributed by atoms with Crippen LogP contribution < -0.4 is 10.1 Å². The van der Waals surface area contributed by atoms with Crippen molar-refractivity contribution < 1.29 is 19.0 Å². The highest BCUT2D eigenvalue weighted by Crippen LogP contribution is 2.11. The number of benzene rings is 1. The van der Waals surface area contributed by atoms with Gasteiger partial charge in [0.1, 0.15) is 24.3 Å². The third kappa shape index (κ3) is 5.97. The molecule has 1 aliphatic heterocycles. The predicted molar refractivity (Wildman–Crippen MR) is 78.0 cm³/mol. The van der Waals surface area contributed by atoms with Crippen molar-refractivity contribution in [2.75, 3.05) is 46.4 Å². The number of aliphatic hydroxyl groups is 1. The molecular formula is C15H23FN2O3. The molecule has 2 atom stereocenters. The zero-order valence-corrected chi connectivity index (χ0v) is 12.3. The van der Waals surface area contributed by atoms with E-state index in [-0.39, 0.29) is 18.5 Å². The summed E-state index contributed by atoms with van der Waals surface area (Å²) >= 11 is 0. The van der Waals surface area contributed by atoms with Crippen LogP contribution in [0.2, 0.25) is 0 Å². The van der Waals surface area contributed by atoms with Crippen molar-refractivity contribution in [3.05, 3.63) is 30.1 Å². The maximum atomic E-state index is 12.7. The zero-order chi connectivity index (χ0) is 15.1. The van der Waals surface area contributed by atoms with E-state index in [1.807, 2.05) is 0 Å². The fourth-order valence-electron chi connectivity index (χ4n) is 2.18. The molecule has 0 aliphatic carbocycles. The summed E-state index contributed by atoms with van der Waals surface area (Å²) in [5.74, 6) is 0.245. The summed E-state index contributed by atoms with van der Waals surface area (Å²) in [6, 6.07) is 5.75. The van der Waals surface area contributed by atoms with Gasteiger partial charge in [0.2, 0.25) is 0 Å². The van der Waals surface area contributed by atoms with Crippen LogP contribution >= 0.6 is 0 Å². The van der Waals surface area contributed by atoms with Gasteiger partial charge < -0.3 is 24.8 Å². The summed E-state index contributed by atoms with van der Waals surface area (Å²) in [5.41, 5.74) is 0. The van der Waals surface area contributed by atoms with E-state index >= 15 is 0 Å². The SMILES string of the molecule is CN1CCOC(CNCC(O)COc2ccc(F)cc2)C1. The minimum absolute atomic E-state index is 0.161.